The van der Waals surface area contributed by atoms with Crippen LogP contribution in [0.3, 0.4) is 0 Å². The molecule has 2 amide bonds. The molecule has 0 radical (unpaired) electrons. The van der Waals surface area contributed by atoms with Crippen molar-refractivity contribution in [2.45, 2.75) is 31.9 Å². The average Bonchev–Trinajstić information content (AvgIpc) is 3.50. The second-order valence-electron chi connectivity index (χ2n) is 7.35. The minimum Gasteiger partial charge on any atom is -0.446 e. The molecular formula is C22H21N5O3S2. The highest BCUT2D eigenvalue weighted by molar-refractivity contribution is 7.16. The Morgan fingerprint density at radius 1 is 1.47 bits per heavy atom. The van der Waals surface area contributed by atoms with Crippen LogP contribution in [0, 0.1) is 11.3 Å². The molecule has 0 saturated heterocycles. The zero-order chi connectivity index (χ0) is 22.5. The van der Waals surface area contributed by atoms with Crippen LogP contribution in [-0.4, -0.2) is 27.7 Å². The number of nitrogens with zero attached hydrogens (tertiary/aromatic N) is 3. The van der Waals surface area contributed by atoms with Gasteiger partial charge in [0, 0.05) is 30.6 Å². The van der Waals surface area contributed by atoms with Gasteiger partial charge in [0.15, 0.2) is 0 Å². The summed E-state index contributed by atoms with van der Waals surface area (Å²) in [6, 6.07) is 4.14. The molecule has 2 N–H and O–H groups in total. The van der Waals surface area contributed by atoms with Crippen molar-refractivity contribution < 1.29 is 14.3 Å². The Morgan fingerprint density at radius 3 is 3.06 bits per heavy atom. The molecule has 32 heavy (non-hydrogen) atoms. The molecule has 1 unspecified atom stereocenters. The first-order valence-corrected chi connectivity index (χ1v) is 11.7. The van der Waals surface area contributed by atoms with Gasteiger partial charge in [-0.05, 0) is 46.9 Å². The molecule has 0 fully saturated rings. The summed E-state index contributed by atoms with van der Waals surface area (Å²) < 4.78 is 7.37. The fourth-order valence-electron chi connectivity index (χ4n) is 3.47. The van der Waals surface area contributed by atoms with E-state index in [-0.39, 0.29) is 12.0 Å². The number of amides is 2. The number of thiophene rings is 2. The summed E-state index contributed by atoms with van der Waals surface area (Å²) in [5.41, 5.74) is 3.14. The summed E-state index contributed by atoms with van der Waals surface area (Å²) >= 11 is 2.93. The maximum absolute atomic E-state index is 12.3. The minimum absolute atomic E-state index is 0.279. The molecule has 0 aromatic carbocycles. The number of alkyl carbamates (subject to hydrolysis) is 1. The molecule has 1 aliphatic rings. The van der Waals surface area contributed by atoms with Gasteiger partial charge in [0.25, 0.3) is 0 Å². The molecule has 0 spiro atoms. The smallest absolute Gasteiger partial charge is 0.407 e. The zero-order valence-corrected chi connectivity index (χ0v) is 19.0. The van der Waals surface area contributed by atoms with E-state index in [9.17, 15) is 14.9 Å². The summed E-state index contributed by atoms with van der Waals surface area (Å²) in [5, 5.41) is 19.6. The van der Waals surface area contributed by atoms with Crippen molar-refractivity contribution in [3.05, 3.63) is 62.7 Å². The van der Waals surface area contributed by atoms with Gasteiger partial charge in [0.05, 0.1) is 24.1 Å². The highest BCUT2D eigenvalue weighted by Crippen LogP contribution is 2.38. The molecule has 1 aliphatic carbocycles. The molecule has 3 heterocycles. The predicted octanol–water partition coefficient (Wildman–Crippen LogP) is 3.85. The van der Waals surface area contributed by atoms with Gasteiger partial charge in [0.1, 0.15) is 17.2 Å². The van der Waals surface area contributed by atoms with Crippen LogP contribution in [0.15, 0.2) is 35.4 Å². The van der Waals surface area contributed by atoms with E-state index >= 15 is 0 Å². The summed E-state index contributed by atoms with van der Waals surface area (Å²) in [4.78, 5) is 29.6. The van der Waals surface area contributed by atoms with Gasteiger partial charge in [-0.2, -0.15) is 16.6 Å². The second-order valence-corrected chi connectivity index (χ2v) is 9.24. The average molecular weight is 468 g/mol. The fourth-order valence-corrected chi connectivity index (χ4v) is 5.37. The Hall–Kier alpha value is -3.42. The quantitative estimate of drug-likeness (QED) is 0.535. The van der Waals surface area contributed by atoms with Gasteiger partial charge < -0.3 is 19.9 Å². The maximum atomic E-state index is 12.3. The maximum Gasteiger partial charge on any atom is 0.407 e. The SMILES string of the molecule is Cn1cnc(CNC(=O)OC2CCc3c(sc(NC(=O)C=Cc4ccsc4)c3C#N)C2)c1. The number of ether oxygens (including phenoxy) is 1. The van der Waals surface area contributed by atoms with Crippen molar-refractivity contribution in [3.8, 4) is 6.07 Å². The third-order valence-corrected chi connectivity index (χ3v) is 6.86. The molecular weight excluding hydrogens is 446 g/mol. The number of carbonyl (C=O) groups is 2. The molecule has 164 valence electrons. The first-order valence-electron chi connectivity index (χ1n) is 9.99. The van der Waals surface area contributed by atoms with Gasteiger partial charge in [-0.3, -0.25) is 4.79 Å². The molecule has 3 aromatic heterocycles. The summed E-state index contributed by atoms with van der Waals surface area (Å²) in [5.74, 6) is -0.284. The van der Waals surface area contributed by atoms with Crippen molar-refractivity contribution in [1.82, 2.24) is 14.9 Å². The number of hydrogen-bond donors (Lipinski definition) is 2. The van der Waals surface area contributed by atoms with E-state index in [4.69, 9.17) is 4.74 Å². The van der Waals surface area contributed by atoms with E-state index in [1.165, 1.54) is 17.4 Å². The van der Waals surface area contributed by atoms with Crippen LogP contribution < -0.4 is 10.6 Å². The summed E-state index contributed by atoms with van der Waals surface area (Å²) in [7, 11) is 1.86. The predicted molar refractivity (Wildman–Crippen MR) is 123 cm³/mol. The lowest BCUT2D eigenvalue weighted by Crippen LogP contribution is -2.31. The molecule has 0 bridgehead atoms. The van der Waals surface area contributed by atoms with Crippen LogP contribution in [0.5, 0.6) is 0 Å². The Balaban J connectivity index is 1.35. The summed E-state index contributed by atoms with van der Waals surface area (Å²) in [6.07, 6.45) is 7.68. The highest BCUT2D eigenvalue weighted by Gasteiger charge is 2.28. The van der Waals surface area contributed by atoms with E-state index < -0.39 is 6.09 Å². The number of nitriles is 1. The van der Waals surface area contributed by atoms with Crippen LogP contribution in [0.4, 0.5) is 9.80 Å². The topological polar surface area (TPSA) is 109 Å². The Bertz CT molecular complexity index is 1190. The van der Waals surface area contributed by atoms with E-state index in [0.717, 1.165) is 21.7 Å². The zero-order valence-electron chi connectivity index (χ0n) is 17.3. The lowest BCUT2D eigenvalue weighted by atomic mass is 9.94. The van der Waals surface area contributed by atoms with Gasteiger partial charge in [-0.25, -0.2) is 9.78 Å². The number of anilines is 1. The monoisotopic (exact) mass is 467 g/mol. The number of imidazole rings is 1. The highest BCUT2D eigenvalue weighted by atomic mass is 32.1. The number of aryl methyl sites for hydroxylation is 1. The minimum atomic E-state index is -0.492. The van der Waals surface area contributed by atoms with E-state index in [0.29, 0.717) is 36.4 Å². The first-order chi connectivity index (χ1) is 15.5. The van der Waals surface area contributed by atoms with Crippen LogP contribution in [-0.2, 0) is 36.0 Å². The Morgan fingerprint density at radius 2 is 2.34 bits per heavy atom. The number of fused-ring (bicyclic) bond motifs is 1. The van der Waals surface area contributed by atoms with Gasteiger partial charge in [-0.15, -0.1) is 11.3 Å². The van der Waals surface area contributed by atoms with Gasteiger partial charge >= 0.3 is 6.09 Å². The fraction of sp³-hybridized carbons (Fsp3) is 0.273. The number of nitrogens with one attached hydrogen (secondary N) is 2. The molecule has 10 heteroatoms. The van der Waals surface area contributed by atoms with E-state index in [1.807, 2.05) is 34.6 Å². The molecule has 3 aromatic rings. The van der Waals surface area contributed by atoms with Crippen molar-refractivity contribution in [2.75, 3.05) is 5.32 Å². The van der Waals surface area contributed by atoms with Gasteiger partial charge in [0.2, 0.25) is 5.91 Å². The third kappa shape index (κ3) is 5.25. The van der Waals surface area contributed by atoms with Crippen LogP contribution in [0.25, 0.3) is 6.08 Å². The van der Waals surface area contributed by atoms with E-state index in [1.54, 1.807) is 23.7 Å². The molecule has 0 saturated carbocycles. The molecule has 8 nitrogen and oxygen atoms in total. The first kappa shape index (κ1) is 21.8. The van der Waals surface area contributed by atoms with Crippen molar-refractivity contribution in [3.63, 3.8) is 0 Å². The molecule has 1 atom stereocenters. The lowest BCUT2D eigenvalue weighted by Gasteiger charge is -2.22. The standard InChI is InChI=1S/C22H21N5O3S2/c1-27-11-15(25-13-27)10-24-22(29)30-16-3-4-17-18(9-23)21(32-19(17)8-16)26-20(28)5-2-14-6-7-31-12-14/h2,5-7,11-13,16H,3-4,8,10H2,1H3,(H,24,29)(H,26,28). The van der Waals surface area contributed by atoms with Crippen LogP contribution in [0.2, 0.25) is 0 Å². The van der Waals surface area contributed by atoms with Crippen molar-refractivity contribution >= 4 is 45.8 Å². The Labute approximate surface area is 193 Å². The van der Waals surface area contributed by atoms with Crippen LogP contribution >= 0.6 is 22.7 Å². The normalized spacial score (nSPS) is 15.2. The number of aromatic nitrogens is 2. The number of carbonyl (C=O) groups excluding carboxylic acids is 2. The van der Waals surface area contributed by atoms with E-state index in [2.05, 4.69) is 21.7 Å². The molecule has 4 rings (SSSR count). The summed E-state index contributed by atoms with van der Waals surface area (Å²) in [6.45, 7) is 0.296. The lowest BCUT2D eigenvalue weighted by molar-refractivity contribution is -0.111. The molecule has 0 aliphatic heterocycles. The van der Waals surface area contributed by atoms with Crippen LogP contribution in [0.1, 0.15) is 33.7 Å². The third-order valence-electron chi connectivity index (χ3n) is 4.98. The number of rotatable bonds is 6. The number of hydrogen-bond acceptors (Lipinski definition) is 7. The van der Waals surface area contributed by atoms with Gasteiger partial charge in [-0.1, -0.05) is 0 Å². The van der Waals surface area contributed by atoms with Crippen molar-refractivity contribution in [2.24, 2.45) is 7.05 Å². The van der Waals surface area contributed by atoms with Crippen molar-refractivity contribution in [1.29, 1.82) is 5.26 Å². The largest absolute Gasteiger partial charge is 0.446 e. The Kier molecular flexibility index (Phi) is 6.68. The second kappa shape index (κ2) is 9.80.